The standard InChI is InChI=1S/C30H26F2N6O6/c31-18-8-11-21(20(32)12-18)38-29-23(24(36-38)17-4-2-1-3-5-17)28(33)37(15-34-29)35-13-16-6-9-19(10-7-16)43-30-27(42)26(41)25(40)22(14-39)44-30/h1-13,15,22,25-27,30,33,39-42H,14H2. The summed E-state index contributed by atoms with van der Waals surface area (Å²) < 4.78 is 41.8. The van der Waals surface area contributed by atoms with E-state index in [0.29, 0.717) is 22.2 Å². The van der Waals surface area contributed by atoms with Crippen LogP contribution in [0.3, 0.4) is 0 Å². The van der Waals surface area contributed by atoms with Gasteiger partial charge in [0.05, 0.1) is 18.2 Å². The minimum atomic E-state index is -1.57. The average molecular weight is 605 g/mol. The fraction of sp³-hybridized carbons (Fsp3) is 0.200. The molecule has 5 aromatic rings. The molecule has 0 amide bonds. The van der Waals surface area contributed by atoms with Gasteiger partial charge in [-0.25, -0.2) is 23.1 Å². The fourth-order valence-electron chi connectivity index (χ4n) is 4.79. The number of aliphatic hydroxyl groups excluding tert-OH is 4. The van der Waals surface area contributed by atoms with Gasteiger partial charge in [0.2, 0.25) is 6.29 Å². The molecule has 12 nitrogen and oxygen atoms in total. The molecule has 1 saturated heterocycles. The first-order valence-electron chi connectivity index (χ1n) is 13.4. The Morgan fingerprint density at radius 1 is 0.977 bits per heavy atom. The number of halogens is 2. The van der Waals surface area contributed by atoms with Crippen LogP contribution in [0.4, 0.5) is 8.78 Å². The molecule has 226 valence electrons. The van der Waals surface area contributed by atoms with Crippen LogP contribution >= 0.6 is 0 Å². The summed E-state index contributed by atoms with van der Waals surface area (Å²) in [6.07, 6.45) is -4.29. The molecule has 0 bridgehead atoms. The van der Waals surface area contributed by atoms with Gasteiger partial charge >= 0.3 is 0 Å². The van der Waals surface area contributed by atoms with Crippen molar-refractivity contribution in [2.75, 3.05) is 6.61 Å². The van der Waals surface area contributed by atoms with Crippen molar-refractivity contribution in [2.45, 2.75) is 30.7 Å². The molecule has 14 heteroatoms. The molecule has 5 N–H and O–H groups in total. The van der Waals surface area contributed by atoms with Crippen molar-refractivity contribution < 1.29 is 38.7 Å². The number of hydrogen-bond donors (Lipinski definition) is 5. The van der Waals surface area contributed by atoms with Crippen LogP contribution in [-0.2, 0) is 4.74 Å². The predicted octanol–water partition coefficient (Wildman–Crippen LogP) is 1.71. The third-order valence-corrected chi connectivity index (χ3v) is 7.11. The Labute approximate surface area is 247 Å². The second kappa shape index (κ2) is 12.0. The van der Waals surface area contributed by atoms with Gasteiger partial charge in [0.1, 0.15) is 53.7 Å². The van der Waals surface area contributed by atoms with E-state index >= 15 is 0 Å². The number of hydrogen-bond acceptors (Lipinski definition) is 10. The smallest absolute Gasteiger partial charge is 0.229 e. The zero-order valence-corrected chi connectivity index (χ0v) is 22.8. The maximum absolute atomic E-state index is 14.7. The van der Waals surface area contributed by atoms with E-state index in [1.807, 2.05) is 6.07 Å². The maximum atomic E-state index is 14.7. The number of nitrogens with one attached hydrogen (secondary N) is 1. The van der Waals surface area contributed by atoms with E-state index in [0.717, 1.165) is 12.1 Å². The van der Waals surface area contributed by atoms with Gasteiger partial charge in [-0.2, -0.15) is 10.2 Å². The first kappa shape index (κ1) is 29.2. The maximum Gasteiger partial charge on any atom is 0.229 e. The van der Waals surface area contributed by atoms with E-state index in [1.165, 1.54) is 28.0 Å². The molecule has 5 unspecified atom stereocenters. The van der Waals surface area contributed by atoms with Crippen LogP contribution in [-0.4, -0.2) is 83.4 Å². The molecular formula is C30H26F2N6O6. The summed E-state index contributed by atoms with van der Waals surface area (Å²) in [4.78, 5) is 4.41. The molecule has 3 aromatic carbocycles. The van der Waals surface area contributed by atoms with Gasteiger partial charge in [-0.3, -0.25) is 5.41 Å². The highest BCUT2D eigenvalue weighted by Crippen LogP contribution is 2.28. The first-order chi connectivity index (χ1) is 21.2. The monoisotopic (exact) mass is 604 g/mol. The summed E-state index contributed by atoms with van der Waals surface area (Å²) in [6.45, 7) is -0.576. The molecule has 0 spiro atoms. The third-order valence-electron chi connectivity index (χ3n) is 7.11. The van der Waals surface area contributed by atoms with Crippen LogP contribution in [0.25, 0.3) is 28.0 Å². The predicted molar refractivity (Wildman–Crippen MR) is 152 cm³/mol. The molecule has 0 aliphatic carbocycles. The molecule has 44 heavy (non-hydrogen) atoms. The van der Waals surface area contributed by atoms with E-state index in [-0.39, 0.29) is 22.6 Å². The van der Waals surface area contributed by atoms with E-state index in [2.05, 4.69) is 15.2 Å². The lowest BCUT2D eigenvalue weighted by Gasteiger charge is -2.39. The normalized spacial score (nSPS) is 22.1. The molecule has 2 aromatic heterocycles. The molecule has 1 aliphatic rings. The minimum Gasteiger partial charge on any atom is -0.462 e. The van der Waals surface area contributed by atoms with Crippen molar-refractivity contribution >= 4 is 17.2 Å². The number of aromatic nitrogens is 4. The second-order valence-electron chi connectivity index (χ2n) is 9.99. The quantitative estimate of drug-likeness (QED) is 0.175. The van der Waals surface area contributed by atoms with Gasteiger partial charge in [0.25, 0.3) is 0 Å². The average Bonchev–Trinajstić information content (AvgIpc) is 3.42. The van der Waals surface area contributed by atoms with E-state index in [1.54, 1.807) is 48.5 Å². The highest BCUT2D eigenvalue weighted by Gasteiger charge is 2.44. The third kappa shape index (κ3) is 5.47. The number of nitrogens with zero attached hydrogens (tertiary/aromatic N) is 5. The number of ether oxygens (including phenoxy) is 2. The molecule has 0 radical (unpaired) electrons. The summed E-state index contributed by atoms with van der Waals surface area (Å²) in [6, 6.07) is 18.5. The van der Waals surface area contributed by atoms with Crippen LogP contribution in [0.5, 0.6) is 5.75 Å². The van der Waals surface area contributed by atoms with Crippen molar-refractivity contribution in [2.24, 2.45) is 5.10 Å². The van der Waals surface area contributed by atoms with Crippen LogP contribution < -0.4 is 10.2 Å². The van der Waals surface area contributed by atoms with Crippen LogP contribution in [0.2, 0.25) is 0 Å². The summed E-state index contributed by atoms with van der Waals surface area (Å²) in [5.74, 6) is -1.30. The molecule has 3 heterocycles. The summed E-state index contributed by atoms with van der Waals surface area (Å²) >= 11 is 0. The Morgan fingerprint density at radius 2 is 1.73 bits per heavy atom. The van der Waals surface area contributed by atoms with Crippen LogP contribution in [0.15, 0.2) is 84.2 Å². The number of fused-ring (bicyclic) bond motifs is 1. The van der Waals surface area contributed by atoms with Gasteiger partial charge in [0, 0.05) is 11.6 Å². The Hall–Kier alpha value is -4.86. The molecular weight excluding hydrogens is 578 g/mol. The topological polar surface area (TPSA) is 171 Å². The van der Waals surface area contributed by atoms with Gasteiger partial charge in [0.15, 0.2) is 17.0 Å². The van der Waals surface area contributed by atoms with E-state index in [9.17, 15) is 29.2 Å². The molecule has 0 saturated carbocycles. The largest absolute Gasteiger partial charge is 0.462 e. The Balaban J connectivity index is 1.30. The van der Waals surface area contributed by atoms with Gasteiger partial charge in [-0.15, -0.1) is 0 Å². The number of rotatable bonds is 7. The van der Waals surface area contributed by atoms with Crippen LogP contribution in [0, 0.1) is 17.0 Å². The minimum absolute atomic E-state index is 0.0299. The molecule has 1 fully saturated rings. The van der Waals surface area contributed by atoms with Gasteiger partial charge in [-0.05, 0) is 42.0 Å². The lowest BCUT2D eigenvalue weighted by Crippen LogP contribution is -2.60. The summed E-state index contributed by atoms with van der Waals surface area (Å²) in [5, 5.41) is 57.6. The SMILES string of the molecule is N=c1c2c(-c3ccccc3)nn(-c3ccc(F)cc3F)c2ncn1N=Cc1ccc(OC2OC(CO)C(O)C(O)C2O)cc1. The Morgan fingerprint density at radius 3 is 2.43 bits per heavy atom. The molecule has 5 atom stereocenters. The zero-order chi connectivity index (χ0) is 31.0. The fourth-order valence-corrected chi connectivity index (χ4v) is 4.79. The first-order valence-corrected chi connectivity index (χ1v) is 13.4. The molecule has 6 rings (SSSR count). The lowest BCUT2D eigenvalue weighted by molar-refractivity contribution is -0.277. The molecule has 1 aliphatic heterocycles. The van der Waals surface area contributed by atoms with Gasteiger partial charge in [-0.1, -0.05) is 30.3 Å². The van der Waals surface area contributed by atoms with Crippen molar-refractivity contribution in [1.29, 1.82) is 5.41 Å². The van der Waals surface area contributed by atoms with E-state index in [4.69, 9.17) is 14.9 Å². The highest BCUT2D eigenvalue weighted by atomic mass is 19.1. The van der Waals surface area contributed by atoms with Crippen LogP contribution in [0.1, 0.15) is 5.56 Å². The number of aliphatic hydroxyl groups is 4. The van der Waals surface area contributed by atoms with Crippen molar-refractivity contribution in [3.8, 4) is 22.7 Å². The summed E-state index contributed by atoms with van der Waals surface area (Å²) in [7, 11) is 0. The Kier molecular flexibility index (Phi) is 7.99. The number of benzene rings is 3. The van der Waals surface area contributed by atoms with Gasteiger partial charge < -0.3 is 29.9 Å². The highest BCUT2D eigenvalue weighted by molar-refractivity contribution is 5.91. The van der Waals surface area contributed by atoms with E-state index < -0.39 is 48.9 Å². The van der Waals surface area contributed by atoms with Crippen molar-refractivity contribution in [3.63, 3.8) is 0 Å². The zero-order valence-electron chi connectivity index (χ0n) is 22.8. The van der Waals surface area contributed by atoms with Crippen molar-refractivity contribution in [1.82, 2.24) is 19.4 Å². The Bertz CT molecular complexity index is 1880. The summed E-state index contributed by atoms with van der Waals surface area (Å²) in [5.41, 5.74) is 1.69. The lowest BCUT2D eigenvalue weighted by atomic mass is 9.99. The second-order valence-corrected chi connectivity index (χ2v) is 9.99. The van der Waals surface area contributed by atoms with Crippen molar-refractivity contribution in [3.05, 3.63) is 102 Å².